The van der Waals surface area contributed by atoms with E-state index in [1.165, 1.54) is 60.4 Å². The lowest BCUT2D eigenvalue weighted by molar-refractivity contribution is -0.145. The molecule has 53 heteroatoms. The number of carboxylic acids is 2. The van der Waals surface area contributed by atoms with Crippen molar-refractivity contribution >= 4 is 112 Å². The van der Waals surface area contributed by atoms with E-state index in [1.54, 1.807) is 39.5 Å². The summed E-state index contributed by atoms with van der Waals surface area (Å²) in [5.41, 5.74) is 29.0. The summed E-state index contributed by atoms with van der Waals surface area (Å²) in [5.74, 6) is -20.8. The van der Waals surface area contributed by atoms with Gasteiger partial charge in [0.15, 0.2) is 0 Å². The number of hydrogen-bond acceptors (Lipinski definition) is 33. The molecule has 4 aliphatic rings. The Morgan fingerprint density at radius 1 is 0.434 bits per heavy atom. The van der Waals surface area contributed by atoms with E-state index in [-0.39, 0.29) is 121 Å². The number of nitrogens with two attached hydrogens (primary N) is 5. The summed E-state index contributed by atoms with van der Waals surface area (Å²) in [6.45, 7) is 12.8. The third-order valence-corrected chi connectivity index (χ3v) is 26.0. The smallest absolute Gasteiger partial charge is 0.328 e. The number of aliphatic carboxylic acids is 2. The number of rotatable bonds is 62. The zero-order chi connectivity index (χ0) is 108. The van der Waals surface area contributed by atoms with Crippen LogP contribution in [-0.4, -0.2) is 365 Å². The zero-order valence-corrected chi connectivity index (χ0v) is 83.7. The summed E-state index contributed by atoms with van der Waals surface area (Å²) in [7, 11) is 0. The maximum absolute atomic E-state index is 15.1. The first kappa shape index (κ1) is 121. The van der Waals surface area contributed by atoms with Crippen LogP contribution < -0.4 is 119 Å². The molecule has 145 heavy (non-hydrogen) atoms. The Hall–Kier alpha value is -12.3. The van der Waals surface area contributed by atoms with Crippen LogP contribution in [0.25, 0.3) is 0 Å². The topological polar surface area (TPSA) is 839 Å². The van der Waals surface area contributed by atoms with Crippen molar-refractivity contribution < 1.29 is 127 Å². The fourth-order valence-corrected chi connectivity index (χ4v) is 17.2. The molecule has 22 atom stereocenters. The molecule has 0 spiro atoms. The second kappa shape index (κ2) is 60.6. The third kappa shape index (κ3) is 37.9. The molecule has 0 saturated carbocycles. The first-order chi connectivity index (χ1) is 68.7. The SMILES string of the molecule is CC[C@H](C)[C@H](NC(=O)[C@H](CO)NC(=O)[C@H](CCCCN)NC(=O)[C@@H](NC(=O)[C@H](Cc1cnc[nH]1)NC(=O)[C@H](CCC(=O)O)NC(=O)[C@@H]1CCCN1C(=O)[C@H](CCCNC(N)N)NC(=O)[C@@H]1CCCN1C(=O)[C@H](C)NC(=O)[C@@H](NC(=O)[C@@H](NC(=O)[C@@H]1CCCN1C(=O)[C@@H]1CCCN1)C(C)C)[C@@H](C)CC)[C@@H](C)O)C(=O)N[C@@H](Cc1ccc(O)cc1)C(=O)N[C@H](C(=O)N[C@@H](CCCNC(N)N)C(=O)N[C@@H](CO)C(=O)O)[C@@H](C)O. The van der Waals surface area contributed by atoms with Crippen molar-refractivity contribution in [2.45, 2.75) is 331 Å². The summed E-state index contributed by atoms with van der Waals surface area (Å²) >= 11 is 0. The average molecular weight is 2050 g/mol. The van der Waals surface area contributed by atoms with Gasteiger partial charge in [-0.25, -0.2) is 9.78 Å². The lowest BCUT2D eigenvalue weighted by atomic mass is 9.96. The summed E-state index contributed by atoms with van der Waals surface area (Å²) < 4.78 is 0. The number of phenolic OH excluding ortho intramolecular Hbond substituents is 1. The van der Waals surface area contributed by atoms with Crippen LogP contribution in [0.2, 0.25) is 0 Å². The molecular formula is C92H153N27O26. The van der Waals surface area contributed by atoms with Crippen LogP contribution >= 0.6 is 0 Å². The van der Waals surface area contributed by atoms with Gasteiger partial charge in [-0.2, -0.15) is 0 Å². The molecule has 0 radical (unpaired) electrons. The van der Waals surface area contributed by atoms with Gasteiger partial charge in [0.2, 0.25) is 100 Å². The van der Waals surface area contributed by atoms with E-state index in [0.717, 1.165) is 20.3 Å². The number of carboxylic acid groups (broad SMARTS) is 2. The lowest BCUT2D eigenvalue weighted by Gasteiger charge is -2.33. The summed E-state index contributed by atoms with van der Waals surface area (Å²) in [6.07, 6.45) is -1.76. The molecule has 0 aliphatic carbocycles. The molecule has 0 bridgehead atoms. The zero-order valence-electron chi connectivity index (χ0n) is 83.7. The number of nitrogens with one attached hydrogen (secondary N) is 18. The maximum atomic E-state index is 15.1. The number of phenols is 1. The van der Waals surface area contributed by atoms with E-state index in [1.807, 2.05) is 0 Å². The second-order valence-electron chi connectivity index (χ2n) is 37.7. The molecule has 4 fully saturated rings. The number of amides is 17. The number of hydrogen-bond donors (Lipinski definition) is 30. The molecule has 2 aromatic rings. The minimum absolute atomic E-state index is 0.0294. The molecule has 6 rings (SSSR count). The molecule has 812 valence electrons. The molecule has 4 aliphatic heterocycles. The molecule has 53 nitrogen and oxygen atoms in total. The van der Waals surface area contributed by atoms with Gasteiger partial charge in [0.05, 0.1) is 37.8 Å². The molecule has 35 N–H and O–H groups in total. The van der Waals surface area contributed by atoms with Gasteiger partial charge in [-0.05, 0) is 185 Å². The minimum atomic E-state index is -2.00. The van der Waals surface area contributed by atoms with Crippen molar-refractivity contribution in [3.63, 3.8) is 0 Å². The van der Waals surface area contributed by atoms with E-state index in [4.69, 9.17) is 28.7 Å². The molecule has 1 aromatic carbocycles. The van der Waals surface area contributed by atoms with Gasteiger partial charge < -0.3 is 164 Å². The van der Waals surface area contributed by atoms with Gasteiger partial charge in [0.1, 0.15) is 121 Å². The number of aliphatic hydroxyl groups excluding tert-OH is 4. The van der Waals surface area contributed by atoms with Crippen LogP contribution in [0.5, 0.6) is 5.75 Å². The number of benzene rings is 1. The van der Waals surface area contributed by atoms with Gasteiger partial charge >= 0.3 is 11.9 Å². The molecule has 1 aromatic heterocycles. The predicted molar refractivity (Wildman–Crippen MR) is 520 cm³/mol. The van der Waals surface area contributed by atoms with Crippen LogP contribution in [-0.2, 0) is 104 Å². The van der Waals surface area contributed by atoms with Crippen LogP contribution in [0, 0.1) is 17.8 Å². The highest BCUT2D eigenvalue weighted by atomic mass is 16.4. The second-order valence-corrected chi connectivity index (χ2v) is 37.7. The number of aromatic nitrogens is 2. The van der Waals surface area contributed by atoms with E-state index in [0.29, 0.717) is 50.8 Å². The molecule has 17 amide bonds. The number of likely N-dealkylation sites (tertiary alicyclic amines) is 3. The predicted octanol–water partition coefficient (Wildman–Crippen LogP) is -9.85. The van der Waals surface area contributed by atoms with Crippen molar-refractivity contribution in [1.82, 2.24) is 115 Å². The minimum Gasteiger partial charge on any atom is -0.508 e. The highest BCUT2D eigenvalue weighted by Gasteiger charge is 2.47. The van der Waals surface area contributed by atoms with Gasteiger partial charge in [-0.1, -0.05) is 66.5 Å². The highest BCUT2D eigenvalue weighted by molar-refractivity contribution is 6.02. The molecule has 4 saturated heterocycles. The fourth-order valence-electron chi connectivity index (χ4n) is 17.2. The number of carbonyl (C=O) groups is 19. The van der Waals surface area contributed by atoms with Crippen LogP contribution in [0.1, 0.15) is 196 Å². The Morgan fingerprint density at radius 3 is 1.30 bits per heavy atom. The fraction of sp³-hybridized carbons (Fsp3) is 0.696. The van der Waals surface area contributed by atoms with E-state index in [2.05, 4.69) is 100 Å². The van der Waals surface area contributed by atoms with Gasteiger partial charge in [0.25, 0.3) is 0 Å². The Morgan fingerprint density at radius 2 is 0.841 bits per heavy atom. The Labute approximate surface area is 840 Å². The summed E-state index contributed by atoms with van der Waals surface area (Å²) in [5, 5.41) is 116. The monoisotopic (exact) mass is 2050 g/mol. The standard InChI is InChI=1S/C92H153N27O26/c1-10-47(5)69(114-82(136)68(46(3)4)112-81(135)66-26-19-38-118(66)88(142)58-22-15-34-99-58)83(137)103-49(7)87(141)117-37-17-24-64(117)80(134)107-59(23-16-36-101-92(96)97)89(143)119-39-18-25-65(119)79(133)104-57(31-32-67(125)126)75(129)108-61(41-53-42-98-45-102-53)77(131)116-72(51(9)123)85(139)105-55(20-12-13-33-93)73(127)110-62(43-120)78(132)113-70(48(6)11-2)84(138)109-60(40-52-27-29-54(124)30-28-52)76(130)115-71(50(8)122)86(140)106-56(21-14-35-100-91(94)95)74(128)111-63(44-121)90(144)145/h27-30,42,45-51,55-66,68-72,91-92,99-101,120-124H,10-26,31-41,43-44,93-97H2,1-9H3,(H,98,102)(H,103,137)(H,104,133)(H,105,139)(H,106,140)(H,107,134)(H,108,129)(H,109,138)(H,110,127)(H,111,128)(H,112,135)(H,113,132)(H,114,136)(H,115,130)(H,116,131)(H,125,126)(H,144,145)/t47-,48-,49-,50+,51+,55-,56-,57-,58-,59-,60-,61-,62-,63-,64-,65-,66-,68-,69-,70-,71-,72-/m0/s1. The Balaban J connectivity index is 1.16. The van der Waals surface area contributed by atoms with Gasteiger partial charge in [-0.3, -0.25) is 96.9 Å². The van der Waals surface area contributed by atoms with Crippen LogP contribution in [0.15, 0.2) is 36.8 Å². The number of unbranched alkanes of at least 4 members (excludes halogenated alkanes) is 1. The number of aromatic amines is 1. The molecule has 5 heterocycles. The van der Waals surface area contributed by atoms with Crippen molar-refractivity contribution in [2.75, 3.05) is 59.0 Å². The Kier molecular flexibility index (Phi) is 50.7. The normalized spacial score (nSPS) is 19.4. The average Bonchev–Trinajstić information content (AvgIpc) is 1.70. The first-order valence-electron chi connectivity index (χ1n) is 49.6. The van der Waals surface area contributed by atoms with Gasteiger partial charge in [-0.15, -0.1) is 0 Å². The Bertz CT molecular complexity index is 4650. The van der Waals surface area contributed by atoms with E-state index in [9.17, 15) is 122 Å². The van der Waals surface area contributed by atoms with Crippen molar-refractivity contribution in [2.24, 2.45) is 46.4 Å². The third-order valence-electron chi connectivity index (χ3n) is 26.0. The summed E-state index contributed by atoms with van der Waals surface area (Å²) in [4.78, 5) is 280. The number of carbonyl (C=O) groups excluding carboxylic acids is 17. The number of nitrogens with zero attached hydrogens (tertiary/aromatic N) is 4. The van der Waals surface area contributed by atoms with Crippen LogP contribution in [0.4, 0.5) is 0 Å². The largest absolute Gasteiger partial charge is 0.508 e. The van der Waals surface area contributed by atoms with Crippen molar-refractivity contribution in [3.8, 4) is 5.75 Å². The quantitative estimate of drug-likeness (QED) is 0.0216. The lowest BCUT2D eigenvalue weighted by Crippen LogP contribution is -2.63. The van der Waals surface area contributed by atoms with Crippen LogP contribution in [0.3, 0.4) is 0 Å². The molecular weight excluding hydrogens is 1900 g/mol. The number of imidazole rings is 1. The van der Waals surface area contributed by atoms with E-state index >= 15 is 4.79 Å². The number of aliphatic hydroxyl groups is 4. The van der Waals surface area contributed by atoms with Gasteiger partial charge in [0, 0.05) is 50.8 Å². The van der Waals surface area contributed by atoms with Crippen molar-refractivity contribution in [1.29, 1.82) is 0 Å². The number of H-pyrrole nitrogens is 1. The highest BCUT2D eigenvalue weighted by Crippen LogP contribution is 2.27. The summed E-state index contributed by atoms with van der Waals surface area (Å²) in [6, 6.07) is -21.3. The maximum Gasteiger partial charge on any atom is 0.328 e. The number of aromatic hydroxyl groups is 1. The molecule has 0 unspecified atom stereocenters. The van der Waals surface area contributed by atoms with Crippen molar-refractivity contribution in [3.05, 3.63) is 48.0 Å². The first-order valence-corrected chi connectivity index (χ1v) is 49.6. The van der Waals surface area contributed by atoms with E-state index < -0.39 is 297 Å².